The van der Waals surface area contributed by atoms with Gasteiger partial charge in [-0.15, -0.1) is 0 Å². The van der Waals surface area contributed by atoms with E-state index in [1.807, 2.05) is 6.07 Å². The average Bonchev–Trinajstić information content (AvgIpc) is 2.67. The number of anilines is 1. The smallest absolute Gasteiger partial charge is 0.270 e. The topological polar surface area (TPSA) is 123 Å². The largest absolute Gasteiger partial charge is 0.394 e. The summed E-state index contributed by atoms with van der Waals surface area (Å²) in [6.45, 7) is 0.997. The fraction of sp³-hybridized carbons (Fsp3) is 0.235. The lowest BCUT2D eigenvalue weighted by Crippen LogP contribution is -2.13. The molecule has 0 fully saturated rings. The standard InChI is InChI=1S/C17H17N5O4/c23-7-9-26-8-6-19-17-14-10-13(22(24)25)3-4-15(14)20-16(21-17)12-2-1-5-18-11-12/h1-5,10-11,23H,6-9H2,(H,19,20,21). The molecule has 0 aliphatic rings. The number of aromatic nitrogens is 3. The van der Waals surface area contributed by atoms with E-state index in [-0.39, 0.29) is 18.9 Å². The minimum absolute atomic E-state index is 0.0326. The molecule has 0 saturated heterocycles. The van der Waals surface area contributed by atoms with Crippen LogP contribution in [0.3, 0.4) is 0 Å². The fourth-order valence-corrected chi connectivity index (χ4v) is 2.40. The molecule has 0 radical (unpaired) electrons. The van der Waals surface area contributed by atoms with Gasteiger partial charge in [-0.1, -0.05) is 0 Å². The summed E-state index contributed by atoms with van der Waals surface area (Å²) in [5.74, 6) is 0.948. The number of fused-ring (bicyclic) bond motifs is 1. The second-order valence-electron chi connectivity index (χ2n) is 5.36. The van der Waals surface area contributed by atoms with Crippen LogP contribution in [0.4, 0.5) is 11.5 Å². The number of nitrogens with zero attached hydrogens (tertiary/aromatic N) is 4. The lowest BCUT2D eigenvalue weighted by molar-refractivity contribution is -0.384. The second kappa shape index (κ2) is 8.28. The van der Waals surface area contributed by atoms with E-state index in [9.17, 15) is 10.1 Å². The van der Waals surface area contributed by atoms with Gasteiger partial charge in [-0.2, -0.15) is 0 Å². The van der Waals surface area contributed by atoms with Crippen LogP contribution in [-0.4, -0.2) is 51.3 Å². The summed E-state index contributed by atoms with van der Waals surface area (Å²) in [5.41, 5.74) is 1.30. The lowest BCUT2D eigenvalue weighted by Gasteiger charge is -2.11. The van der Waals surface area contributed by atoms with Gasteiger partial charge in [0, 0.05) is 42.0 Å². The highest BCUT2D eigenvalue weighted by Crippen LogP contribution is 2.27. The third kappa shape index (κ3) is 4.08. The molecule has 0 spiro atoms. The van der Waals surface area contributed by atoms with E-state index in [1.54, 1.807) is 24.5 Å². The van der Waals surface area contributed by atoms with Gasteiger partial charge in [0.05, 0.1) is 30.3 Å². The Labute approximate surface area is 148 Å². The number of nitrogens with one attached hydrogen (secondary N) is 1. The van der Waals surface area contributed by atoms with Crippen molar-refractivity contribution in [3.8, 4) is 11.4 Å². The molecule has 134 valence electrons. The van der Waals surface area contributed by atoms with Crippen molar-refractivity contribution in [1.29, 1.82) is 0 Å². The minimum atomic E-state index is -0.456. The maximum absolute atomic E-state index is 11.1. The summed E-state index contributed by atoms with van der Waals surface area (Å²) < 4.78 is 5.22. The zero-order valence-electron chi connectivity index (χ0n) is 13.8. The van der Waals surface area contributed by atoms with E-state index >= 15 is 0 Å². The van der Waals surface area contributed by atoms with Crippen molar-refractivity contribution >= 4 is 22.4 Å². The van der Waals surface area contributed by atoms with Crippen molar-refractivity contribution in [1.82, 2.24) is 15.0 Å². The van der Waals surface area contributed by atoms with Crippen molar-refractivity contribution < 1.29 is 14.8 Å². The molecule has 0 saturated carbocycles. The number of benzene rings is 1. The summed E-state index contributed by atoms with van der Waals surface area (Å²) in [6.07, 6.45) is 3.31. The molecule has 2 N–H and O–H groups in total. The van der Waals surface area contributed by atoms with Gasteiger partial charge in [-0.05, 0) is 18.2 Å². The SMILES string of the molecule is O=[N+]([O-])c1ccc2nc(-c3cccnc3)nc(NCCOCCO)c2c1. The van der Waals surface area contributed by atoms with Crippen LogP contribution in [0, 0.1) is 10.1 Å². The summed E-state index contributed by atoms with van der Waals surface area (Å²) in [7, 11) is 0. The number of nitro groups is 1. The van der Waals surface area contributed by atoms with Crippen LogP contribution in [0.2, 0.25) is 0 Å². The van der Waals surface area contributed by atoms with Gasteiger partial charge in [-0.25, -0.2) is 9.97 Å². The number of pyridine rings is 1. The van der Waals surface area contributed by atoms with Gasteiger partial charge in [0.15, 0.2) is 5.82 Å². The Morgan fingerprint density at radius 1 is 1.23 bits per heavy atom. The minimum Gasteiger partial charge on any atom is -0.394 e. The van der Waals surface area contributed by atoms with Crippen LogP contribution >= 0.6 is 0 Å². The zero-order valence-corrected chi connectivity index (χ0v) is 13.8. The maximum Gasteiger partial charge on any atom is 0.270 e. The Morgan fingerprint density at radius 3 is 2.85 bits per heavy atom. The van der Waals surface area contributed by atoms with E-state index in [1.165, 1.54) is 12.1 Å². The number of hydrogen-bond donors (Lipinski definition) is 2. The summed E-state index contributed by atoms with van der Waals surface area (Å²) in [4.78, 5) is 23.7. The molecular weight excluding hydrogens is 338 g/mol. The number of aliphatic hydroxyl groups excluding tert-OH is 1. The normalized spacial score (nSPS) is 10.8. The van der Waals surface area contributed by atoms with Crippen LogP contribution in [0.25, 0.3) is 22.3 Å². The molecule has 0 atom stereocenters. The molecule has 0 bridgehead atoms. The molecule has 0 aliphatic carbocycles. The fourth-order valence-electron chi connectivity index (χ4n) is 2.40. The van der Waals surface area contributed by atoms with Crippen molar-refractivity contribution in [3.63, 3.8) is 0 Å². The van der Waals surface area contributed by atoms with Crippen molar-refractivity contribution in [3.05, 3.63) is 52.8 Å². The van der Waals surface area contributed by atoms with E-state index in [4.69, 9.17) is 9.84 Å². The van der Waals surface area contributed by atoms with Crippen LogP contribution in [0.1, 0.15) is 0 Å². The molecule has 0 amide bonds. The number of non-ortho nitro benzene ring substituents is 1. The first-order valence-corrected chi connectivity index (χ1v) is 7.98. The van der Waals surface area contributed by atoms with Crippen molar-refractivity contribution in [2.75, 3.05) is 31.7 Å². The van der Waals surface area contributed by atoms with E-state index in [0.717, 1.165) is 5.56 Å². The van der Waals surface area contributed by atoms with Crippen molar-refractivity contribution in [2.45, 2.75) is 0 Å². The molecule has 3 rings (SSSR count). The molecule has 9 nitrogen and oxygen atoms in total. The third-order valence-electron chi connectivity index (χ3n) is 3.58. The van der Waals surface area contributed by atoms with Gasteiger partial charge in [0.25, 0.3) is 5.69 Å². The molecule has 9 heteroatoms. The Kier molecular flexibility index (Phi) is 5.62. The van der Waals surface area contributed by atoms with Gasteiger partial charge in [0.2, 0.25) is 0 Å². The molecule has 2 aromatic heterocycles. The molecule has 26 heavy (non-hydrogen) atoms. The van der Waals surface area contributed by atoms with Gasteiger partial charge in [-0.3, -0.25) is 15.1 Å². The molecule has 2 heterocycles. The van der Waals surface area contributed by atoms with Crippen LogP contribution in [0.15, 0.2) is 42.7 Å². The van der Waals surface area contributed by atoms with E-state index < -0.39 is 4.92 Å². The predicted octanol–water partition coefficient (Wildman–Crippen LogP) is 2.02. The van der Waals surface area contributed by atoms with Gasteiger partial charge < -0.3 is 15.2 Å². The van der Waals surface area contributed by atoms with Crippen LogP contribution in [-0.2, 0) is 4.74 Å². The number of nitro benzene ring substituents is 1. The average molecular weight is 355 g/mol. The lowest BCUT2D eigenvalue weighted by atomic mass is 10.2. The van der Waals surface area contributed by atoms with Gasteiger partial charge in [0.1, 0.15) is 5.82 Å². The first kappa shape index (κ1) is 17.6. The quantitative estimate of drug-likeness (QED) is 0.357. The Morgan fingerprint density at radius 2 is 2.12 bits per heavy atom. The Balaban J connectivity index is 1.98. The van der Waals surface area contributed by atoms with Crippen LogP contribution in [0.5, 0.6) is 0 Å². The van der Waals surface area contributed by atoms with E-state index in [0.29, 0.717) is 35.7 Å². The van der Waals surface area contributed by atoms with Gasteiger partial charge >= 0.3 is 0 Å². The molecular formula is C17H17N5O4. The zero-order chi connectivity index (χ0) is 18.4. The molecule has 0 unspecified atom stereocenters. The third-order valence-corrected chi connectivity index (χ3v) is 3.58. The highest BCUT2D eigenvalue weighted by atomic mass is 16.6. The predicted molar refractivity (Wildman–Crippen MR) is 95.8 cm³/mol. The number of aliphatic hydroxyl groups is 1. The van der Waals surface area contributed by atoms with E-state index in [2.05, 4.69) is 20.3 Å². The summed E-state index contributed by atoms with van der Waals surface area (Å²) in [5, 5.41) is 23.5. The van der Waals surface area contributed by atoms with Crippen LogP contribution < -0.4 is 5.32 Å². The first-order chi connectivity index (χ1) is 12.7. The molecule has 1 aromatic carbocycles. The first-order valence-electron chi connectivity index (χ1n) is 7.98. The molecule has 0 aliphatic heterocycles. The highest BCUT2D eigenvalue weighted by molar-refractivity contribution is 5.92. The Bertz CT molecular complexity index is 904. The summed E-state index contributed by atoms with van der Waals surface area (Å²) in [6, 6.07) is 8.08. The summed E-state index contributed by atoms with van der Waals surface area (Å²) >= 11 is 0. The molecule has 3 aromatic rings. The monoisotopic (exact) mass is 355 g/mol. The number of ether oxygens (including phenoxy) is 1. The highest BCUT2D eigenvalue weighted by Gasteiger charge is 2.14. The number of hydrogen-bond acceptors (Lipinski definition) is 8. The second-order valence-corrected chi connectivity index (χ2v) is 5.36. The number of rotatable bonds is 8. The maximum atomic E-state index is 11.1. The van der Waals surface area contributed by atoms with Crippen molar-refractivity contribution in [2.24, 2.45) is 0 Å². The Hall–Kier alpha value is -3.17.